The van der Waals surface area contributed by atoms with Gasteiger partial charge in [-0.15, -0.1) is 0 Å². The molecule has 3 rings (SSSR count). The van der Waals surface area contributed by atoms with E-state index in [1.165, 1.54) is 18.4 Å². The van der Waals surface area contributed by atoms with Gasteiger partial charge in [0, 0.05) is 31.2 Å². The Morgan fingerprint density at radius 2 is 1.79 bits per heavy atom. The fourth-order valence-corrected chi connectivity index (χ4v) is 4.34. The summed E-state index contributed by atoms with van der Waals surface area (Å²) in [6.07, 6.45) is 7.66. The highest BCUT2D eigenvalue weighted by Crippen LogP contribution is 2.27. The SMILES string of the molecule is CCC(NC1CCN(C2CCCCC2O)CC1)c1ccc(F)cc1. The second kappa shape index (κ2) is 8.41. The minimum absolute atomic E-state index is 0.133. The lowest BCUT2D eigenvalue weighted by Gasteiger charge is -2.42. The summed E-state index contributed by atoms with van der Waals surface area (Å²) in [5.74, 6) is -0.173. The monoisotopic (exact) mass is 334 g/mol. The van der Waals surface area contributed by atoms with Crippen LogP contribution in [-0.4, -0.2) is 41.3 Å². The number of benzene rings is 1. The molecule has 1 aliphatic carbocycles. The van der Waals surface area contributed by atoms with Crippen LogP contribution in [0.5, 0.6) is 0 Å². The Morgan fingerprint density at radius 1 is 1.12 bits per heavy atom. The van der Waals surface area contributed by atoms with Crippen LogP contribution in [0, 0.1) is 5.82 Å². The van der Waals surface area contributed by atoms with Gasteiger partial charge in [-0.2, -0.15) is 0 Å². The van der Waals surface area contributed by atoms with Gasteiger partial charge in [-0.25, -0.2) is 4.39 Å². The third-order valence-corrected chi connectivity index (χ3v) is 5.81. The lowest BCUT2D eigenvalue weighted by atomic mass is 9.89. The molecule has 1 saturated heterocycles. The van der Waals surface area contributed by atoms with Crippen LogP contribution in [0.4, 0.5) is 4.39 Å². The Morgan fingerprint density at radius 3 is 2.42 bits per heavy atom. The second-order valence-electron chi connectivity index (χ2n) is 7.41. The highest BCUT2D eigenvalue weighted by molar-refractivity contribution is 5.20. The largest absolute Gasteiger partial charge is 0.391 e. The van der Waals surface area contributed by atoms with E-state index in [-0.39, 0.29) is 11.9 Å². The van der Waals surface area contributed by atoms with Gasteiger partial charge in [0.2, 0.25) is 0 Å². The molecule has 1 aromatic carbocycles. The van der Waals surface area contributed by atoms with Crippen LogP contribution in [-0.2, 0) is 0 Å². The van der Waals surface area contributed by atoms with Gasteiger partial charge in [-0.3, -0.25) is 4.90 Å². The number of aliphatic hydroxyl groups excluding tert-OH is 1. The first-order chi connectivity index (χ1) is 11.7. The van der Waals surface area contributed by atoms with Gasteiger partial charge in [-0.1, -0.05) is 31.9 Å². The van der Waals surface area contributed by atoms with Crippen LogP contribution in [0.15, 0.2) is 24.3 Å². The second-order valence-corrected chi connectivity index (χ2v) is 7.41. The van der Waals surface area contributed by atoms with Gasteiger partial charge in [0.15, 0.2) is 0 Å². The third-order valence-electron chi connectivity index (χ3n) is 5.81. The molecular weight excluding hydrogens is 303 g/mol. The molecule has 1 saturated carbocycles. The van der Waals surface area contributed by atoms with Crippen LogP contribution >= 0.6 is 0 Å². The predicted molar refractivity (Wildman–Crippen MR) is 95.4 cm³/mol. The number of rotatable bonds is 5. The molecule has 2 N–H and O–H groups in total. The molecule has 3 atom stereocenters. The quantitative estimate of drug-likeness (QED) is 0.863. The number of likely N-dealkylation sites (tertiary alicyclic amines) is 1. The lowest BCUT2D eigenvalue weighted by molar-refractivity contribution is 0.00657. The Labute approximate surface area is 145 Å². The van der Waals surface area contributed by atoms with Gasteiger partial charge >= 0.3 is 0 Å². The molecule has 134 valence electrons. The Balaban J connectivity index is 1.51. The summed E-state index contributed by atoms with van der Waals surface area (Å²) in [6.45, 7) is 4.31. The normalized spacial score (nSPS) is 28.0. The molecular formula is C20H31FN2O. The molecule has 1 heterocycles. The van der Waals surface area contributed by atoms with Gasteiger partial charge in [0.25, 0.3) is 0 Å². The Hall–Kier alpha value is -0.970. The molecule has 2 aliphatic rings. The molecule has 0 amide bonds. The molecule has 3 unspecified atom stereocenters. The number of hydrogen-bond donors (Lipinski definition) is 2. The minimum Gasteiger partial charge on any atom is -0.391 e. The summed E-state index contributed by atoms with van der Waals surface area (Å²) in [6, 6.07) is 8.06. The van der Waals surface area contributed by atoms with Crippen molar-refractivity contribution in [1.29, 1.82) is 0 Å². The fraction of sp³-hybridized carbons (Fsp3) is 0.700. The van der Waals surface area contributed by atoms with Crippen molar-refractivity contribution in [1.82, 2.24) is 10.2 Å². The van der Waals surface area contributed by atoms with Crippen molar-refractivity contribution in [3.63, 3.8) is 0 Å². The van der Waals surface area contributed by atoms with Crippen molar-refractivity contribution in [2.75, 3.05) is 13.1 Å². The number of hydrogen-bond acceptors (Lipinski definition) is 3. The number of halogens is 1. The number of piperidine rings is 1. The molecule has 0 spiro atoms. The maximum Gasteiger partial charge on any atom is 0.123 e. The maximum atomic E-state index is 13.1. The number of aliphatic hydroxyl groups is 1. The first-order valence-electron chi connectivity index (χ1n) is 9.61. The summed E-state index contributed by atoms with van der Waals surface area (Å²) in [7, 11) is 0. The highest BCUT2D eigenvalue weighted by atomic mass is 19.1. The lowest BCUT2D eigenvalue weighted by Crippen LogP contribution is -2.51. The number of nitrogens with one attached hydrogen (secondary N) is 1. The van der Waals surface area contributed by atoms with Gasteiger partial charge in [-0.05, 0) is 49.8 Å². The van der Waals surface area contributed by atoms with E-state index in [4.69, 9.17) is 0 Å². The van der Waals surface area contributed by atoms with Crippen LogP contribution < -0.4 is 5.32 Å². The Kier molecular flexibility index (Phi) is 6.25. The van der Waals surface area contributed by atoms with Crippen molar-refractivity contribution in [2.24, 2.45) is 0 Å². The summed E-state index contributed by atoms with van der Waals surface area (Å²) in [5.41, 5.74) is 1.17. The van der Waals surface area contributed by atoms with Crippen molar-refractivity contribution in [3.05, 3.63) is 35.6 Å². The first kappa shape index (κ1) is 17.8. The topological polar surface area (TPSA) is 35.5 Å². The van der Waals surface area contributed by atoms with Crippen molar-refractivity contribution in [3.8, 4) is 0 Å². The van der Waals surface area contributed by atoms with Crippen LogP contribution in [0.25, 0.3) is 0 Å². The van der Waals surface area contributed by atoms with Crippen molar-refractivity contribution < 1.29 is 9.50 Å². The van der Waals surface area contributed by atoms with E-state index in [0.717, 1.165) is 45.2 Å². The summed E-state index contributed by atoms with van der Waals surface area (Å²) >= 11 is 0. The van der Waals surface area contributed by atoms with Crippen molar-refractivity contribution in [2.45, 2.75) is 76.1 Å². The summed E-state index contributed by atoms with van der Waals surface area (Å²) < 4.78 is 13.1. The predicted octanol–water partition coefficient (Wildman–Crippen LogP) is 3.63. The van der Waals surface area contributed by atoms with E-state index >= 15 is 0 Å². The summed E-state index contributed by atoms with van der Waals surface area (Å²) in [4.78, 5) is 2.50. The summed E-state index contributed by atoms with van der Waals surface area (Å²) in [5, 5.41) is 14.0. The molecule has 1 aliphatic heterocycles. The number of nitrogens with zero attached hydrogens (tertiary/aromatic N) is 1. The molecule has 2 fully saturated rings. The van der Waals surface area contributed by atoms with Gasteiger partial charge in [0.05, 0.1) is 6.10 Å². The minimum atomic E-state index is -0.173. The van der Waals surface area contributed by atoms with Crippen LogP contribution in [0.2, 0.25) is 0 Å². The van der Waals surface area contributed by atoms with E-state index in [0.29, 0.717) is 18.1 Å². The van der Waals surface area contributed by atoms with Gasteiger partial charge in [0.1, 0.15) is 5.82 Å². The van der Waals surface area contributed by atoms with Gasteiger partial charge < -0.3 is 10.4 Å². The zero-order valence-electron chi connectivity index (χ0n) is 14.8. The standard InChI is InChI=1S/C20H31FN2O/c1-2-18(15-7-9-16(21)10-8-15)22-17-11-13-23(14-12-17)19-5-3-4-6-20(19)24/h7-10,17-20,22,24H,2-6,11-14H2,1H3. The molecule has 1 aromatic rings. The smallest absolute Gasteiger partial charge is 0.123 e. The molecule has 3 nitrogen and oxygen atoms in total. The average Bonchev–Trinajstić information content (AvgIpc) is 2.62. The van der Waals surface area contributed by atoms with E-state index in [9.17, 15) is 9.50 Å². The zero-order valence-corrected chi connectivity index (χ0v) is 14.8. The van der Waals surface area contributed by atoms with E-state index in [2.05, 4.69) is 17.1 Å². The zero-order chi connectivity index (χ0) is 16.9. The van der Waals surface area contributed by atoms with Crippen LogP contribution in [0.3, 0.4) is 0 Å². The molecule has 0 aromatic heterocycles. The van der Waals surface area contributed by atoms with E-state index in [1.807, 2.05) is 12.1 Å². The van der Waals surface area contributed by atoms with Crippen LogP contribution in [0.1, 0.15) is 63.5 Å². The molecule has 24 heavy (non-hydrogen) atoms. The third kappa shape index (κ3) is 4.35. The highest BCUT2D eigenvalue weighted by Gasteiger charge is 2.31. The van der Waals surface area contributed by atoms with E-state index < -0.39 is 0 Å². The Bertz CT molecular complexity index is 499. The maximum absolute atomic E-state index is 13.1. The fourth-order valence-electron chi connectivity index (χ4n) is 4.34. The molecule has 4 heteroatoms. The molecule has 0 bridgehead atoms. The molecule has 0 radical (unpaired) electrons. The van der Waals surface area contributed by atoms with E-state index in [1.54, 1.807) is 12.1 Å². The average molecular weight is 334 g/mol. The first-order valence-corrected chi connectivity index (χ1v) is 9.61. The van der Waals surface area contributed by atoms with Crippen molar-refractivity contribution >= 4 is 0 Å².